The number of hydrogen-bond acceptors (Lipinski definition) is 5. The number of ether oxygens (including phenoxy) is 1. The zero-order valence-corrected chi connectivity index (χ0v) is 19.0. The van der Waals surface area contributed by atoms with E-state index in [2.05, 4.69) is 17.1 Å². The summed E-state index contributed by atoms with van der Waals surface area (Å²) in [5.74, 6) is 1.86. The summed E-state index contributed by atoms with van der Waals surface area (Å²) in [6.07, 6.45) is 5.08. The summed E-state index contributed by atoms with van der Waals surface area (Å²) < 4.78 is 32.0. The van der Waals surface area contributed by atoms with E-state index in [0.29, 0.717) is 43.7 Å². The van der Waals surface area contributed by atoms with Gasteiger partial charge in [-0.3, -0.25) is 4.79 Å². The zero-order chi connectivity index (χ0) is 21.5. The highest BCUT2D eigenvalue weighted by atomic mass is 32.2. The Morgan fingerprint density at radius 3 is 2.53 bits per heavy atom. The lowest BCUT2D eigenvalue weighted by Gasteiger charge is -2.32. The van der Waals surface area contributed by atoms with E-state index in [-0.39, 0.29) is 16.8 Å². The molecule has 0 aromatic heterocycles. The Kier molecular flexibility index (Phi) is 6.10. The van der Waals surface area contributed by atoms with Crippen molar-refractivity contribution in [2.24, 2.45) is 17.8 Å². The van der Waals surface area contributed by atoms with Gasteiger partial charge >= 0.3 is 0 Å². The molecule has 30 heavy (non-hydrogen) atoms. The van der Waals surface area contributed by atoms with Crippen LogP contribution >= 0.6 is 0 Å². The molecule has 1 aliphatic heterocycles. The van der Waals surface area contributed by atoms with Crippen molar-refractivity contribution < 1.29 is 17.9 Å². The van der Waals surface area contributed by atoms with Gasteiger partial charge in [-0.05, 0) is 62.1 Å². The van der Waals surface area contributed by atoms with Crippen molar-refractivity contribution in [3.05, 3.63) is 23.8 Å². The van der Waals surface area contributed by atoms with Crippen LogP contribution < -0.4 is 10.2 Å². The molecule has 3 fully saturated rings. The van der Waals surface area contributed by atoms with Gasteiger partial charge in [0.25, 0.3) is 5.91 Å². The van der Waals surface area contributed by atoms with Crippen LogP contribution in [0.1, 0.15) is 43.0 Å². The topological polar surface area (TPSA) is 79.0 Å². The monoisotopic (exact) mass is 435 g/mol. The van der Waals surface area contributed by atoms with Crippen molar-refractivity contribution in [1.29, 1.82) is 0 Å². The Hall–Kier alpha value is -1.64. The molecule has 4 rings (SSSR count). The number of carbonyl (C=O) groups is 1. The minimum Gasteiger partial charge on any atom is -0.378 e. The van der Waals surface area contributed by atoms with E-state index in [1.54, 1.807) is 12.1 Å². The number of rotatable bonds is 6. The van der Waals surface area contributed by atoms with Gasteiger partial charge in [-0.15, -0.1) is 0 Å². The summed E-state index contributed by atoms with van der Waals surface area (Å²) in [6, 6.07) is 4.97. The van der Waals surface area contributed by atoms with Crippen molar-refractivity contribution in [1.82, 2.24) is 9.62 Å². The van der Waals surface area contributed by atoms with Crippen molar-refractivity contribution in [3.63, 3.8) is 0 Å². The van der Waals surface area contributed by atoms with E-state index in [1.807, 2.05) is 0 Å². The molecule has 4 unspecified atom stereocenters. The zero-order valence-electron chi connectivity index (χ0n) is 18.1. The Morgan fingerprint density at radius 1 is 1.20 bits per heavy atom. The highest BCUT2D eigenvalue weighted by molar-refractivity contribution is 7.89. The summed E-state index contributed by atoms with van der Waals surface area (Å²) in [5, 5.41) is 3.21. The molecule has 166 valence electrons. The number of benzene rings is 1. The van der Waals surface area contributed by atoms with Gasteiger partial charge in [-0.2, -0.15) is 0 Å². The second-order valence-electron chi connectivity index (χ2n) is 9.17. The van der Waals surface area contributed by atoms with Crippen LogP contribution in [0.25, 0.3) is 0 Å². The molecule has 2 aliphatic carbocycles. The first-order valence-electron chi connectivity index (χ1n) is 11.0. The molecule has 3 aliphatic rings. The third-order valence-electron chi connectivity index (χ3n) is 7.14. The van der Waals surface area contributed by atoms with Gasteiger partial charge in [0.1, 0.15) is 0 Å². The largest absolute Gasteiger partial charge is 0.378 e. The fourth-order valence-electron chi connectivity index (χ4n) is 5.45. The third-order valence-corrected chi connectivity index (χ3v) is 8.95. The number of hydrogen-bond donors (Lipinski definition) is 1. The minimum absolute atomic E-state index is 0.0828. The van der Waals surface area contributed by atoms with Crippen molar-refractivity contribution >= 4 is 21.6 Å². The number of morpholine rings is 1. The maximum Gasteiger partial charge on any atom is 0.253 e. The predicted molar refractivity (Wildman–Crippen MR) is 116 cm³/mol. The second kappa shape index (κ2) is 8.48. The molecule has 4 atom stereocenters. The van der Waals surface area contributed by atoms with Gasteiger partial charge in [-0.25, -0.2) is 12.7 Å². The lowest BCUT2D eigenvalue weighted by atomic mass is 9.84. The van der Waals surface area contributed by atoms with Crippen molar-refractivity contribution in [3.8, 4) is 0 Å². The first-order chi connectivity index (χ1) is 14.3. The number of carbonyl (C=O) groups excluding carboxylic acids is 1. The molecule has 1 saturated heterocycles. The molecule has 1 aromatic rings. The number of amides is 1. The first-order valence-corrected chi connectivity index (χ1v) is 12.4. The molecule has 1 amide bonds. The molecule has 2 bridgehead atoms. The predicted octanol–water partition coefficient (Wildman–Crippen LogP) is 2.33. The normalized spacial score (nSPS) is 27.5. The molecular weight excluding hydrogens is 402 g/mol. The van der Waals surface area contributed by atoms with Crippen LogP contribution in [-0.2, 0) is 14.8 Å². The molecule has 0 radical (unpaired) electrons. The minimum atomic E-state index is -3.62. The number of nitrogens with one attached hydrogen (secondary N) is 1. The van der Waals surface area contributed by atoms with Gasteiger partial charge in [-0.1, -0.05) is 6.42 Å². The van der Waals surface area contributed by atoms with E-state index >= 15 is 0 Å². The van der Waals surface area contributed by atoms with Gasteiger partial charge in [0.2, 0.25) is 10.0 Å². The quantitative estimate of drug-likeness (QED) is 0.742. The first kappa shape index (κ1) is 21.6. The van der Waals surface area contributed by atoms with Crippen LogP contribution in [0.2, 0.25) is 0 Å². The summed E-state index contributed by atoms with van der Waals surface area (Å²) in [4.78, 5) is 15.6. The number of fused-ring (bicyclic) bond motifs is 2. The van der Waals surface area contributed by atoms with Crippen molar-refractivity contribution in [2.45, 2.75) is 43.5 Å². The van der Waals surface area contributed by atoms with Crippen LogP contribution in [0.4, 0.5) is 5.69 Å². The summed E-state index contributed by atoms with van der Waals surface area (Å²) >= 11 is 0. The van der Waals surface area contributed by atoms with E-state index in [4.69, 9.17) is 4.74 Å². The maximum atomic E-state index is 13.4. The fraction of sp³-hybridized carbons (Fsp3) is 0.682. The smallest absolute Gasteiger partial charge is 0.253 e. The highest BCUT2D eigenvalue weighted by Crippen LogP contribution is 2.49. The lowest BCUT2D eigenvalue weighted by Crippen LogP contribution is -2.42. The standard InChI is InChI=1S/C22H33N3O4S/c1-15(19-13-16-4-5-17(19)12-16)23-22(26)20-14-18(30(27,28)24(2)3)6-7-21(20)25-8-10-29-11-9-25/h6-7,14-17,19H,4-5,8-13H2,1-3H3,(H,23,26). The summed E-state index contributed by atoms with van der Waals surface area (Å²) in [5.41, 5.74) is 1.20. The number of anilines is 1. The summed E-state index contributed by atoms with van der Waals surface area (Å²) in [7, 11) is -0.617. The van der Waals surface area contributed by atoms with Gasteiger partial charge < -0.3 is 15.0 Å². The fourth-order valence-corrected chi connectivity index (χ4v) is 6.37. The Balaban J connectivity index is 1.61. The average Bonchev–Trinajstić information content (AvgIpc) is 3.37. The summed E-state index contributed by atoms with van der Waals surface area (Å²) in [6.45, 7) is 4.66. The second-order valence-corrected chi connectivity index (χ2v) is 11.3. The van der Waals surface area contributed by atoms with Crippen molar-refractivity contribution in [2.75, 3.05) is 45.3 Å². The van der Waals surface area contributed by atoms with Gasteiger partial charge in [0.15, 0.2) is 0 Å². The molecular formula is C22H33N3O4S. The maximum absolute atomic E-state index is 13.4. The molecule has 8 heteroatoms. The molecule has 1 heterocycles. The number of sulfonamides is 1. The van der Waals surface area contributed by atoms with E-state index in [1.165, 1.54) is 50.2 Å². The third kappa shape index (κ3) is 4.09. The molecule has 1 N–H and O–H groups in total. The van der Waals surface area contributed by atoms with Crippen LogP contribution in [0.5, 0.6) is 0 Å². The van der Waals surface area contributed by atoms with Crippen LogP contribution in [0.3, 0.4) is 0 Å². The molecule has 7 nitrogen and oxygen atoms in total. The van der Waals surface area contributed by atoms with Crippen LogP contribution in [0.15, 0.2) is 23.1 Å². The van der Waals surface area contributed by atoms with Gasteiger partial charge in [0, 0.05) is 38.9 Å². The SMILES string of the molecule is CC(NC(=O)c1cc(S(=O)(=O)N(C)C)ccc1N1CCOCC1)C1CC2CCC1C2. The molecule has 1 aromatic carbocycles. The van der Waals surface area contributed by atoms with E-state index < -0.39 is 10.0 Å². The molecule has 2 saturated carbocycles. The average molecular weight is 436 g/mol. The Bertz CT molecular complexity index is 896. The Labute approximate surface area is 179 Å². The van der Waals surface area contributed by atoms with E-state index in [0.717, 1.165) is 11.6 Å². The number of nitrogens with zero attached hydrogens (tertiary/aromatic N) is 2. The van der Waals surface area contributed by atoms with Crippen LogP contribution in [-0.4, -0.2) is 65.1 Å². The lowest BCUT2D eigenvalue weighted by molar-refractivity contribution is 0.0914. The molecule has 0 spiro atoms. The van der Waals surface area contributed by atoms with Gasteiger partial charge in [0.05, 0.1) is 23.7 Å². The van der Waals surface area contributed by atoms with Crippen LogP contribution in [0, 0.1) is 17.8 Å². The van der Waals surface area contributed by atoms with E-state index in [9.17, 15) is 13.2 Å². The Morgan fingerprint density at radius 2 is 1.93 bits per heavy atom. The highest BCUT2D eigenvalue weighted by Gasteiger charge is 2.42.